The summed E-state index contributed by atoms with van der Waals surface area (Å²) >= 11 is 0. The van der Waals surface area contributed by atoms with Crippen LogP contribution in [0.25, 0.3) is 0 Å². The first kappa shape index (κ1) is 22.9. The molecular weight excluding hydrogens is 352 g/mol. The Morgan fingerprint density at radius 1 is 1.21 bits per heavy atom. The molecule has 0 heterocycles. The topological polar surface area (TPSA) is 98.5 Å². The van der Waals surface area contributed by atoms with Crippen molar-refractivity contribution < 1.29 is 17.9 Å². The Morgan fingerprint density at radius 2 is 1.75 bits per heavy atom. The van der Waals surface area contributed by atoms with Crippen LogP contribution in [0.2, 0.25) is 0 Å². The lowest BCUT2D eigenvalue weighted by molar-refractivity contribution is 0.0942. The minimum Gasteiger partial charge on any atom is -0.384 e. The van der Waals surface area contributed by atoms with Gasteiger partial charge in [0.2, 0.25) is 0 Å². The molecule has 0 bridgehead atoms. The molecule has 24 heavy (non-hydrogen) atoms. The van der Waals surface area contributed by atoms with Gasteiger partial charge < -0.3 is 15.8 Å². The van der Waals surface area contributed by atoms with Crippen LogP contribution in [-0.2, 0) is 14.6 Å². The lowest BCUT2D eigenvalue weighted by Crippen LogP contribution is -2.49. The first-order valence-electron chi connectivity index (χ1n) is 7.67. The third kappa shape index (κ3) is 6.39. The molecule has 1 amide bonds. The third-order valence-electron chi connectivity index (χ3n) is 4.04. The molecule has 0 unspecified atom stereocenters. The van der Waals surface area contributed by atoms with E-state index in [-0.39, 0.29) is 35.6 Å². The minimum absolute atomic E-state index is 0. The highest BCUT2D eigenvalue weighted by Gasteiger charge is 2.21. The number of nitrogens with one attached hydrogen (secondary N) is 1. The van der Waals surface area contributed by atoms with Gasteiger partial charge in [-0.3, -0.25) is 4.79 Å². The maximum absolute atomic E-state index is 12.1. The lowest BCUT2D eigenvalue weighted by Gasteiger charge is -2.26. The van der Waals surface area contributed by atoms with Gasteiger partial charge in [-0.2, -0.15) is 0 Å². The number of carbonyl (C=O) groups excluding carboxylic acids is 1. The lowest BCUT2D eigenvalue weighted by atomic mass is 9.94. The quantitative estimate of drug-likeness (QED) is 0.682. The smallest absolute Gasteiger partial charge is 0.251 e. The number of hydrogen-bond acceptors (Lipinski definition) is 5. The number of sulfone groups is 1. The molecule has 0 atom stereocenters. The molecule has 1 aromatic rings. The average molecular weight is 379 g/mol. The van der Waals surface area contributed by atoms with Crippen LogP contribution in [0.4, 0.5) is 0 Å². The fourth-order valence-electron chi connectivity index (χ4n) is 1.98. The van der Waals surface area contributed by atoms with Crippen molar-refractivity contribution >= 4 is 28.2 Å². The maximum Gasteiger partial charge on any atom is 0.251 e. The summed E-state index contributed by atoms with van der Waals surface area (Å²) < 4.78 is 28.8. The summed E-state index contributed by atoms with van der Waals surface area (Å²) in [5.41, 5.74) is 6.13. The summed E-state index contributed by atoms with van der Waals surface area (Å²) in [6.07, 6.45) is 1.53. The number of ether oxygens (including phenoxy) is 1. The van der Waals surface area contributed by atoms with Crippen LogP contribution in [0.5, 0.6) is 0 Å². The average Bonchev–Trinajstić information content (AvgIpc) is 2.57. The number of amides is 1. The molecule has 0 spiro atoms. The summed E-state index contributed by atoms with van der Waals surface area (Å²) in [5, 5.41) is 2.80. The molecule has 0 aliphatic carbocycles. The number of rotatable bonds is 9. The molecule has 0 fully saturated rings. The van der Waals surface area contributed by atoms with Gasteiger partial charge in [0, 0.05) is 24.8 Å². The summed E-state index contributed by atoms with van der Waals surface area (Å²) in [6, 6.07) is 5.89. The first-order valence-corrected chi connectivity index (χ1v) is 9.32. The fourth-order valence-corrected chi connectivity index (χ4v) is 3.16. The van der Waals surface area contributed by atoms with Gasteiger partial charge in [0.1, 0.15) is 0 Å². The van der Waals surface area contributed by atoms with Crippen LogP contribution in [0, 0.1) is 0 Å². The van der Waals surface area contributed by atoms with Crippen molar-refractivity contribution in [2.45, 2.75) is 37.1 Å². The van der Waals surface area contributed by atoms with Crippen molar-refractivity contribution in [3.8, 4) is 0 Å². The summed E-state index contributed by atoms with van der Waals surface area (Å²) in [5.74, 6) is -0.347. The molecule has 3 N–H and O–H groups in total. The largest absolute Gasteiger partial charge is 0.384 e. The zero-order chi connectivity index (χ0) is 17.5. The number of methoxy groups -OCH3 is 1. The molecule has 1 aromatic carbocycles. The first-order chi connectivity index (χ1) is 10.8. The zero-order valence-electron chi connectivity index (χ0n) is 14.4. The van der Waals surface area contributed by atoms with Gasteiger partial charge in [0.15, 0.2) is 9.84 Å². The fraction of sp³-hybridized carbons (Fsp3) is 0.562. The van der Waals surface area contributed by atoms with Crippen LogP contribution < -0.4 is 11.1 Å². The van der Waals surface area contributed by atoms with Crippen LogP contribution in [0.3, 0.4) is 0 Å². The Bertz CT molecular complexity index is 613. The van der Waals surface area contributed by atoms with E-state index in [1.807, 2.05) is 13.8 Å². The minimum atomic E-state index is -3.39. The number of benzene rings is 1. The van der Waals surface area contributed by atoms with E-state index in [9.17, 15) is 13.2 Å². The normalized spacial score (nSPS) is 11.7. The summed E-state index contributed by atoms with van der Waals surface area (Å²) in [6.45, 7) is 4.48. The zero-order valence-corrected chi connectivity index (χ0v) is 16.0. The van der Waals surface area contributed by atoms with Gasteiger partial charge in [-0.1, -0.05) is 13.8 Å². The van der Waals surface area contributed by atoms with Crippen LogP contribution in [-0.4, -0.2) is 45.9 Å². The maximum atomic E-state index is 12.1. The number of nitrogens with two attached hydrogens (primary N) is 1. The van der Waals surface area contributed by atoms with Gasteiger partial charge in [0.05, 0.1) is 17.3 Å². The van der Waals surface area contributed by atoms with Crippen LogP contribution >= 0.6 is 12.4 Å². The molecule has 138 valence electrons. The van der Waals surface area contributed by atoms with Gasteiger partial charge in [-0.15, -0.1) is 12.4 Å². The molecule has 0 aromatic heterocycles. The second kappa shape index (κ2) is 9.98. The van der Waals surface area contributed by atoms with Crippen molar-refractivity contribution in [3.63, 3.8) is 0 Å². The van der Waals surface area contributed by atoms with E-state index in [1.165, 1.54) is 31.4 Å². The van der Waals surface area contributed by atoms with Gasteiger partial charge in [-0.05, 0) is 37.1 Å². The van der Waals surface area contributed by atoms with Gasteiger partial charge >= 0.3 is 0 Å². The number of carbonyl (C=O) groups is 1. The van der Waals surface area contributed by atoms with E-state index < -0.39 is 15.4 Å². The second-order valence-corrected chi connectivity index (χ2v) is 7.70. The molecule has 0 saturated carbocycles. The molecule has 0 aliphatic rings. The Hall–Kier alpha value is -1.15. The Morgan fingerprint density at radius 3 is 2.21 bits per heavy atom. The van der Waals surface area contributed by atoms with Crippen LogP contribution in [0.1, 0.15) is 37.0 Å². The van der Waals surface area contributed by atoms with E-state index in [0.717, 1.165) is 12.8 Å². The predicted octanol–water partition coefficient (Wildman–Crippen LogP) is 1.78. The Kier molecular flexibility index (Phi) is 9.50. The molecule has 0 saturated heterocycles. The predicted molar refractivity (Wildman–Crippen MR) is 97.5 cm³/mol. The van der Waals surface area contributed by atoms with E-state index in [4.69, 9.17) is 10.5 Å². The molecule has 8 heteroatoms. The van der Waals surface area contributed by atoms with E-state index in [1.54, 1.807) is 0 Å². The van der Waals surface area contributed by atoms with Crippen molar-refractivity contribution in [2.24, 2.45) is 5.73 Å². The molecule has 6 nitrogen and oxygen atoms in total. The van der Waals surface area contributed by atoms with Crippen molar-refractivity contribution in [2.75, 3.05) is 26.0 Å². The van der Waals surface area contributed by atoms with Crippen molar-refractivity contribution in [3.05, 3.63) is 29.8 Å². The Balaban J connectivity index is 0.00000529. The second-order valence-electron chi connectivity index (χ2n) is 5.59. The SMILES string of the molecule is CCC(N)(CC)CNC(=O)c1ccc(S(=O)(=O)CCOC)cc1.Cl. The summed E-state index contributed by atoms with van der Waals surface area (Å²) in [4.78, 5) is 12.3. The number of halogens is 1. The number of hydrogen-bond donors (Lipinski definition) is 2. The molecular formula is C16H27ClN2O4S. The monoisotopic (exact) mass is 378 g/mol. The highest BCUT2D eigenvalue weighted by atomic mass is 35.5. The van der Waals surface area contributed by atoms with E-state index in [0.29, 0.717) is 12.1 Å². The standard InChI is InChI=1S/C16H26N2O4S.ClH/c1-4-16(17,5-2)12-18-15(19)13-6-8-14(9-7-13)23(20,21)11-10-22-3;/h6-9H,4-5,10-12,17H2,1-3H3,(H,18,19);1H. The highest BCUT2D eigenvalue weighted by molar-refractivity contribution is 7.91. The molecule has 0 aliphatic heterocycles. The highest BCUT2D eigenvalue weighted by Crippen LogP contribution is 2.13. The van der Waals surface area contributed by atoms with Crippen molar-refractivity contribution in [1.82, 2.24) is 5.32 Å². The van der Waals surface area contributed by atoms with Crippen molar-refractivity contribution in [1.29, 1.82) is 0 Å². The van der Waals surface area contributed by atoms with Gasteiger partial charge in [0.25, 0.3) is 5.91 Å². The third-order valence-corrected chi connectivity index (χ3v) is 5.74. The summed E-state index contributed by atoms with van der Waals surface area (Å²) in [7, 11) is -1.93. The molecule has 1 rings (SSSR count). The molecule has 0 radical (unpaired) electrons. The van der Waals surface area contributed by atoms with Crippen LogP contribution in [0.15, 0.2) is 29.2 Å². The van der Waals surface area contributed by atoms with E-state index in [2.05, 4.69) is 5.32 Å². The van der Waals surface area contributed by atoms with Gasteiger partial charge in [-0.25, -0.2) is 8.42 Å². The van der Waals surface area contributed by atoms with E-state index >= 15 is 0 Å². The Labute approximate surface area is 150 Å².